The van der Waals surface area contributed by atoms with Crippen LogP contribution < -0.4 is 15.8 Å². The lowest BCUT2D eigenvalue weighted by Crippen LogP contribution is -2.31. The molecule has 2 rings (SSSR count). The molecule has 0 fully saturated rings. The predicted molar refractivity (Wildman–Crippen MR) is 85.1 cm³/mol. The van der Waals surface area contributed by atoms with E-state index in [1.54, 1.807) is 6.07 Å². The summed E-state index contributed by atoms with van der Waals surface area (Å²) in [6.07, 6.45) is -0.978. The van der Waals surface area contributed by atoms with Crippen LogP contribution in [0.25, 0.3) is 0 Å². The minimum Gasteiger partial charge on any atom is -0.480 e. The molecule has 2 aromatic carbocycles. The van der Waals surface area contributed by atoms with E-state index < -0.39 is 23.7 Å². The van der Waals surface area contributed by atoms with Crippen molar-refractivity contribution in [2.24, 2.45) is 5.73 Å². The Morgan fingerprint density at radius 2 is 1.96 bits per heavy atom. The molecule has 0 unspecified atom stereocenters. The Morgan fingerprint density at radius 1 is 1.26 bits per heavy atom. The molecule has 0 radical (unpaired) electrons. The number of halogens is 2. The largest absolute Gasteiger partial charge is 0.480 e. The highest BCUT2D eigenvalue weighted by atomic mass is 35.5. The number of benzene rings is 2. The van der Waals surface area contributed by atoms with Crippen LogP contribution in [-0.4, -0.2) is 17.9 Å². The molecule has 0 aromatic heterocycles. The molecule has 0 bridgehead atoms. The van der Waals surface area contributed by atoms with Crippen molar-refractivity contribution < 1.29 is 18.7 Å². The average molecular weight is 337 g/mol. The molecule has 5 nitrogen and oxygen atoms in total. The molecular formula is C16H14ClFN2O3. The molecule has 0 aliphatic rings. The fraction of sp³-hybridized carbons (Fsp3) is 0.125. The SMILES string of the molecule is C[C@H](Oc1ccc(Cl)cc1C(N)=O)C(=O)Nc1ccccc1F. The summed E-state index contributed by atoms with van der Waals surface area (Å²) in [5.74, 6) is -1.74. The van der Waals surface area contributed by atoms with Gasteiger partial charge < -0.3 is 15.8 Å². The Morgan fingerprint density at radius 3 is 2.61 bits per heavy atom. The first-order valence-electron chi connectivity index (χ1n) is 6.70. The van der Waals surface area contributed by atoms with Crippen LogP contribution in [0.1, 0.15) is 17.3 Å². The lowest BCUT2D eigenvalue weighted by molar-refractivity contribution is -0.122. The molecule has 23 heavy (non-hydrogen) atoms. The molecule has 0 heterocycles. The van der Waals surface area contributed by atoms with Crippen molar-refractivity contribution in [2.75, 3.05) is 5.32 Å². The molecule has 0 aliphatic carbocycles. The van der Waals surface area contributed by atoms with Crippen molar-refractivity contribution in [1.82, 2.24) is 0 Å². The summed E-state index contributed by atoms with van der Waals surface area (Å²) in [5.41, 5.74) is 5.35. The van der Waals surface area contributed by atoms with E-state index in [-0.39, 0.29) is 17.0 Å². The van der Waals surface area contributed by atoms with E-state index in [9.17, 15) is 14.0 Å². The Bertz CT molecular complexity index is 752. The fourth-order valence-corrected chi connectivity index (χ4v) is 2.01. The maximum atomic E-state index is 13.5. The van der Waals surface area contributed by atoms with E-state index in [1.807, 2.05) is 0 Å². The van der Waals surface area contributed by atoms with Crippen LogP contribution in [0, 0.1) is 5.82 Å². The van der Waals surface area contributed by atoms with Gasteiger partial charge in [0.2, 0.25) is 0 Å². The highest BCUT2D eigenvalue weighted by Crippen LogP contribution is 2.24. The van der Waals surface area contributed by atoms with E-state index in [0.29, 0.717) is 5.02 Å². The normalized spacial score (nSPS) is 11.6. The zero-order valence-electron chi connectivity index (χ0n) is 12.2. The number of anilines is 1. The van der Waals surface area contributed by atoms with Crippen molar-refractivity contribution in [3.8, 4) is 5.75 Å². The first kappa shape index (κ1) is 16.8. The van der Waals surface area contributed by atoms with Crippen molar-refractivity contribution >= 4 is 29.1 Å². The van der Waals surface area contributed by atoms with Crippen molar-refractivity contribution in [1.29, 1.82) is 0 Å². The molecule has 0 saturated heterocycles. The van der Waals surface area contributed by atoms with E-state index in [1.165, 1.54) is 43.3 Å². The van der Waals surface area contributed by atoms with E-state index >= 15 is 0 Å². The van der Waals surface area contributed by atoms with Gasteiger partial charge in [-0.3, -0.25) is 9.59 Å². The number of hydrogen-bond donors (Lipinski definition) is 2. The molecule has 2 amide bonds. The van der Waals surface area contributed by atoms with Crippen LogP contribution in [0.5, 0.6) is 5.75 Å². The van der Waals surface area contributed by atoms with Gasteiger partial charge in [-0.05, 0) is 37.3 Å². The Hall–Kier alpha value is -2.60. The maximum absolute atomic E-state index is 13.5. The van der Waals surface area contributed by atoms with Gasteiger partial charge >= 0.3 is 0 Å². The molecule has 7 heteroatoms. The number of amides is 2. The van der Waals surface area contributed by atoms with Gasteiger partial charge in [0.25, 0.3) is 11.8 Å². The second-order valence-electron chi connectivity index (χ2n) is 4.73. The summed E-state index contributed by atoms with van der Waals surface area (Å²) in [6, 6.07) is 10.1. The third-order valence-electron chi connectivity index (χ3n) is 3.01. The van der Waals surface area contributed by atoms with Crippen molar-refractivity contribution in [3.05, 3.63) is 58.9 Å². The van der Waals surface area contributed by atoms with Gasteiger partial charge in [-0.1, -0.05) is 23.7 Å². The summed E-state index contributed by atoms with van der Waals surface area (Å²) >= 11 is 5.80. The molecule has 120 valence electrons. The number of hydrogen-bond acceptors (Lipinski definition) is 3. The maximum Gasteiger partial charge on any atom is 0.265 e. The molecule has 0 aliphatic heterocycles. The molecule has 1 atom stereocenters. The number of rotatable bonds is 5. The number of ether oxygens (including phenoxy) is 1. The zero-order valence-corrected chi connectivity index (χ0v) is 12.9. The van der Waals surface area contributed by atoms with Gasteiger partial charge in [-0.2, -0.15) is 0 Å². The number of para-hydroxylation sites is 1. The zero-order chi connectivity index (χ0) is 17.0. The minimum atomic E-state index is -0.978. The fourth-order valence-electron chi connectivity index (χ4n) is 1.84. The second-order valence-corrected chi connectivity index (χ2v) is 5.17. The lowest BCUT2D eigenvalue weighted by atomic mass is 10.2. The van der Waals surface area contributed by atoms with E-state index in [0.717, 1.165) is 0 Å². The third-order valence-corrected chi connectivity index (χ3v) is 3.25. The Kier molecular flexibility index (Phi) is 5.18. The lowest BCUT2D eigenvalue weighted by Gasteiger charge is -2.16. The van der Waals surface area contributed by atoms with E-state index in [4.69, 9.17) is 22.1 Å². The quantitative estimate of drug-likeness (QED) is 0.880. The summed E-state index contributed by atoms with van der Waals surface area (Å²) in [5, 5.41) is 2.72. The van der Waals surface area contributed by atoms with Gasteiger partial charge in [0.15, 0.2) is 6.10 Å². The van der Waals surface area contributed by atoms with Crippen LogP contribution in [0.3, 0.4) is 0 Å². The van der Waals surface area contributed by atoms with Gasteiger partial charge in [-0.25, -0.2) is 4.39 Å². The van der Waals surface area contributed by atoms with Gasteiger partial charge in [-0.15, -0.1) is 0 Å². The van der Waals surface area contributed by atoms with Gasteiger partial charge in [0.05, 0.1) is 11.3 Å². The molecule has 0 saturated carbocycles. The average Bonchev–Trinajstić information content (AvgIpc) is 2.51. The Balaban J connectivity index is 2.13. The standard InChI is InChI=1S/C16H14ClFN2O3/c1-9(16(22)20-13-5-3-2-4-12(13)18)23-14-7-6-10(17)8-11(14)15(19)21/h2-9H,1H3,(H2,19,21)(H,20,22)/t9-/m0/s1. The Labute approximate surface area is 137 Å². The van der Waals surface area contributed by atoms with Crippen LogP contribution in [0.15, 0.2) is 42.5 Å². The number of nitrogens with one attached hydrogen (secondary N) is 1. The number of primary amides is 1. The smallest absolute Gasteiger partial charge is 0.265 e. The predicted octanol–water partition coefficient (Wildman–Crippen LogP) is 2.98. The summed E-state index contributed by atoms with van der Waals surface area (Å²) < 4.78 is 19.0. The van der Waals surface area contributed by atoms with Crippen LogP contribution in [0.4, 0.5) is 10.1 Å². The summed E-state index contributed by atoms with van der Waals surface area (Å²) in [4.78, 5) is 23.5. The van der Waals surface area contributed by atoms with Gasteiger partial charge in [0, 0.05) is 5.02 Å². The van der Waals surface area contributed by atoms with Crippen LogP contribution in [0.2, 0.25) is 5.02 Å². The number of carbonyl (C=O) groups is 2. The summed E-state index contributed by atoms with van der Waals surface area (Å²) in [6.45, 7) is 1.47. The number of carbonyl (C=O) groups excluding carboxylic acids is 2. The summed E-state index contributed by atoms with van der Waals surface area (Å²) in [7, 11) is 0. The molecule has 3 N–H and O–H groups in total. The van der Waals surface area contributed by atoms with Crippen molar-refractivity contribution in [2.45, 2.75) is 13.0 Å². The van der Waals surface area contributed by atoms with Crippen LogP contribution >= 0.6 is 11.6 Å². The minimum absolute atomic E-state index is 0.0409. The molecule has 0 spiro atoms. The second kappa shape index (κ2) is 7.11. The highest BCUT2D eigenvalue weighted by molar-refractivity contribution is 6.31. The first-order chi connectivity index (χ1) is 10.9. The highest BCUT2D eigenvalue weighted by Gasteiger charge is 2.19. The molecule has 2 aromatic rings. The topological polar surface area (TPSA) is 81.4 Å². The third kappa shape index (κ3) is 4.20. The monoisotopic (exact) mass is 336 g/mol. The van der Waals surface area contributed by atoms with Crippen LogP contribution in [-0.2, 0) is 4.79 Å². The first-order valence-corrected chi connectivity index (χ1v) is 7.07. The van der Waals surface area contributed by atoms with Crippen molar-refractivity contribution in [3.63, 3.8) is 0 Å². The van der Waals surface area contributed by atoms with E-state index in [2.05, 4.69) is 5.32 Å². The van der Waals surface area contributed by atoms with Gasteiger partial charge in [0.1, 0.15) is 11.6 Å². The number of nitrogens with two attached hydrogens (primary N) is 1. The molecular weight excluding hydrogens is 323 g/mol.